The molecule has 0 radical (unpaired) electrons. The lowest BCUT2D eigenvalue weighted by Gasteiger charge is -2.36. The molecule has 0 atom stereocenters. The van der Waals surface area contributed by atoms with E-state index in [4.69, 9.17) is 0 Å². The molecule has 0 bridgehead atoms. The van der Waals surface area contributed by atoms with Gasteiger partial charge >= 0.3 is 12.4 Å². The third-order valence-corrected chi connectivity index (χ3v) is 6.75. The van der Waals surface area contributed by atoms with Crippen LogP contribution in [0, 0.1) is 13.8 Å². The number of hydrogen-bond donors (Lipinski definition) is 3. The molecular formula is C20H20F6N2O3S. The van der Waals surface area contributed by atoms with E-state index in [9.17, 15) is 41.4 Å². The van der Waals surface area contributed by atoms with Gasteiger partial charge in [0.2, 0.25) is 0 Å². The zero-order valence-electron chi connectivity index (χ0n) is 17.0. The Kier molecular flexibility index (Phi) is 6.11. The quantitative estimate of drug-likeness (QED) is 0.553. The molecule has 3 N–H and O–H groups in total. The summed E-state index contributed by atoms with van der Waals surface area (Å²) >= 11 is 0.924. The number of rotatable bonds is 5. The molecule has 1 aromatic carbocycles. The van der Waals surface area contributed by atoms with Crippen molar-refractivity contribution >= 4 is 17.2 Å². The molecule has 2 aromatic rings. The van der Waals surface area contributed by atoms with Crippen LogP contribution < -0.4 is 5.32 Å². The highest BCUT2D eigenvalue weighted by atomic mass is 32.1. The van der Waals surface area contributed by atoms with E-state index in [2.05, 4.69) is 10.3 Å². The van der Waals surface area contributed by atoms with Crippen molar-refractivity contribution in [1.82, 2.24) is 10.3 Å². The van der Waals surface area contributed by atoms with Crippen LogP contribution in [-0.2, 0) is 5.60 Å². The Morgan fingerprint density at radius 2 is 1.75 bits per heavy atom. The number of nitrogens with one attached hydrogen (secondary N) is 1. The molecule has 12 heteroatoms. The fraction of sp³-hybridized carbons (Fsp3) is 0.500. The van der Waals surface area contributed by atoms with Crippen LogP contribution in [0.5, 0.6) is 0 Å². The highest BCUT2D eigenvalue weighted by Gasteiger charge is 2.71. The van der Waals surface area contributed by atoms with Crippen molar-refractivity contribution in [2.24, 2.45) is 0 Å². The highest BCUT2D eigenvalue weighted by molar-refractivity contribution is 7.17. The lowest BCUT2D eigenvalue weighted by Crippen LogP contribution is -2.53. The second kappa shape index (κ2) is 7.99. The van der Waals surface area contributed by atoms with Crippen molar-refractivity contribution in [2.75, 3.05) is 6.54 Å². The summed E-state index contributed by atoms with van der Waals surface area (Å²) in [7, 11) is 0. The fourth-order valence-corrected chi connectivity index (χ4v) is 4.53. The van der Waals surface area contributed by atoms with Gasteiger partial charge in [0.15, 0.2) is 5.01 Å². The molecule has 0 spiro atoms. The fourth-order valence-electron chi connectivity index (χ4n) is 3.46. The number of aliphatic hydroxyl groups is 2. The third kappa shape index (κ3) is 4.23. The molecular weight excluding hydrogens is 462 g/mol. The van der Waals surface area contributed by atoms with Gasteiger partial charge in [-0.25, -0.2) is 4.98 Å². The molecule has 3 rings (SSSR count). The number of aryl methyl sites for hydroxylation is 2. The average Bonchev–Trinajstić information content (AvgIpc) is 3.03. The summed E-state index contributed by atoms with van der Waals surface area (Å²) in [6.07, 6.45) is -9.95. The van der Waals surface area contributed by atoms with Gasteiger partial charge in [0.05, 0.1) is 16.2 Å². The van der Waals surface area contributed by atoms with Gasteiger partial charge in [0.25, 0.3) is 11.5 Å². The Hall–Kier alpha value is -2.18. The van der Waals surface area contributed by atoms with E-state index in [0.29, 0.717) is 35.5 Å². The van der Waals surface area contributed by atoms with Crippen molar-refractivity contribution in [2.45, 2.75) is 56.7 Å². The Labute approximate surface area is 183 Å². The van der Waals surface area contributed by atoms with Gasteiger partial charge in [-0.1, -0.05) is 18.2 Å². The number of hydrogen-bond acceptors (Lipinski definition) is 5. The first kappa shape index (κ1) is 24.5. The van der Waals surface area contributed by atoms with Crippen LogP contribution in [-0.4, -0.2) is 45.6 Å². The van der Waals surface area contributed by atoms with Crippen LogP contribution in [0.25, 0.3) is 10.4 Å². The van der Waals surface area contributed by atoms with E-state index in [1.807, 2.05) is 0 Å². The maximum absolute atomic E-state index is 13.1. The van der Waals surface area contributed by atoms with Gasteiger partial charge in [-0.05, 0) is 44.2 Å². The predicted molar refractivity (Wildman–Crippen MR) is 104 cm³/mol. The van der Waals surface area contributed by atoms with E-state index < -0.39 is 35.0 Å². The molecule has 1 aliphatic carbocycles. The van der Waals surface area contributed by atoms with Gasteiger partial charge in [-0.3, -0.25) is 4.79 Å². The molecule has 1 heterocycles. The number of nitrogens with zero attached hydrogens (tertiary/aromatic N) is 1. The first-order valence-electron chi connectivity index (χ1n) is 9.54. The van der Waals surface area contributed by atoms with E-state index in [1.165, 1.54) is 6.92 Å². The van der Waals surface area contributed by atoms with Crippen LogP contribution in [0.4, 0.5) is 26.3 Å². The van der Waals surface area contributed by atoms with Gasteiger partial charge in [0.1, 0.15) is 0 Å². The van der Waals surface area contributed by atoms with Gasteiger partial charge in [-0.15, -0.1) is 11.3 Å². The van der Waals surface area contributed by atoms with E-state index >= 15 is 0 Å². The first-order chi connectivity index (χ1) is 14.6. The van der Waals surface area contributed by atoms with Crippen molar-refractivity contribution in [3.8, 4) is 10.4 Å². The molecule has 1 aliphatic rings. The summed E-state index contributed by atoms with van der Waals surface area (Å²) in [6, 6.07) is 2.22. The minimum Gasteiger partial charge on any atom is -0.388 e. The summed E-state index contributed by atoms with van der Waals surface area (Å²) < 4.78 is 78.9. The van der Waals surface area contributed by atoms with E-state index in [-0.39, 0.29) is 22.7 Å². The van der Waals surface area contributed by atoms with Crippen LogP contribution in [0.2, 0.25) is 0 Å². The topological polar surface area (TPSA) is 82.5 Å². The SMILES string of the molecule is Cc1cc(C(O)(C(F)(F)F)C(F)(F)F)ccc1-c1sc(C(=O)NCC2(O)CCC2)nc1C. The largest absolute Gasteiger partial charge is 0.430 e. The second-order valence-electron chi connectivity index (χ2n) is 7.93. The minimum absolute atomic E-state index is 0.0388. The van der Waals surface area contributed by atoms with Crippen LogP contribution in [0.15, 0.2) is 18.2 Å². The Bertz CT molecular complexity index is 1010. The molecule has 176 valence electrons. The second-order valence-corrected chi connectivity index (χ2v) is 8.93. The Balaban J connectivity index is 1.90. The van der Waals surface area contributed by atoms with Gasteiger partial charge in [-0.2, -0.15) is 26.3 Å². The summed E-state index contributed by atoms with van der Waals surface area (Å²) in [5.74, 6) is -0.539. The molecule has 0 saturated heterocycles. The molecule has 0 unspecified atom stereocenters. The highest BCUT2D eigenvalue weighted by Crippen LogP contribution is 2.50. The zero-order valence-corrected chi connectivity index (χ0v) is 17.8. The molecule has 32 heavy (non-hydrogen) atoms. The smallest absolute Gasteiger partial charge is 0.388 e. The summed E-state index contributed by atoms with van der Waals surface area (Å²) in [5.41, 5.74) is -6.62. The maximum Gasteiger partial charge on any atom is 0.430 e. The number of benzene rings is 1. The van der Waals surface area contributed by atoms with Crippen LogP contribution in [0.3, 0.4) is 0 Å². The monoisotopic (exact) mass is 482 g/mol. The average molecular weight is 482 g/mol. The van der Waals surface area contributed by atoms with Crippen molar-refractivity contribution in [3.05, 3.63) is 40.0 Å². The van der Waals surface area contributed by atoms with Crippen molar-refractivity contribution in [3.63, 3.8) is 0 Å². The van der Waals surface area contributed by atoms with E-state index in [1.54, 1.807) is 6.92 Å². The van der Waals surface area contributed by atoms with Crippen molar-refractivity contribution < 1.29 is 41.4 Å². The lowest BCUT2D eigenvalue weighted by atomic mass is 9.80. The Morgan fingerprint density at radius 1 is 1.16 bits per heavy atom. The first-order valence-corrected chi connectivity index (χ1v) is 10.4. The molecule has 1 aromatic heterocycles. The van der Waals surface area contributed by atoms with Gasteiger partial charge < -0.3 is 15.5 Å². The molecule has 1 saturated carbocycles. The number of carbonyl (C=O) groups excluding carboxylic acids is 1. The van der Waals surface area contributed by atoms with Crippen molar-refractivity contribution in [1.29, 1.82) is 0 Å². The maximum atomic E-state index is 13.1. The summed E-state index contributed by atoms with van der Waals surface area (Å²) in [5, 5.41) is 22.3. The van der Waals surface area contributed by atoms with E-state index in [0.717, 1.165) is 23.8 Å². The standard InChI is InChI=1S/C20H20F6N2O3S/c1-10-8-12(18(31,19(21,22)23)20(24,25)26)4-5-13(10)14-11(2)28-16(32-14)15(29)27-9-17(30)6-3-7-17/h4-5,8,30-31H,3,6-7,9H2,1-2H3,(H,27,29). The molecule has 0 aliphatic heterocycles. The number of alkyl halides is 6. The number of aromatic nitrogens is 1. The molecule has 1 fully saturated rings. The predicted octanol–water partition coefficient (Wildman–Crippen LogP) is 4.38. The van der Waals surface area contributed by atoms with Crippen LogP contribution >= 0.6 is 11.3 Å². The number of amides is 1. The minimum atomic E-state index is -5.98. The lowest BCUT2D eigenvalue weighted by molar-refractivity contribution is -0.376. The number of halogens is 6. The third-order valence-electron chi connectivity index (χ3n) is 5.56. The molecule has 1 amide bonds. The number of thiazole rings is 1. The number of carbonyl (C=O) groups is 1. The van der Waals surface area contributed by atoms with Crippen LogP contribution in [0.1, 0.15) is 45.9 Å². The Morgan fingerprint density at radius 3 is 2.22 bits per heavy atom. The normalized spacial score (nSPS) is 16.6. The summed E-state index contributed by atoms with van der Waals surface area (Å²) in [4.78, 5) is 16.9. The summed E-state index contributed by atoms with van der Waals surface area (Å²) in [6.45, 7) is 2.91. The van der Waals surface area contributed by atoms with Gasteiger partial charge in [0, 0.05) is 12.1 Å². The molecule has 5 nitrogen and oxygen atoms in total. The zero-order chi connectivity index (χ0) is 24.1.